The number of piperidine rings is 1. The largest absolute Gasteiger partial charge is 0.497 e. The Labute approximate surface area is 164 Å². The zero-order chi connectivity index (χ0) is 20.1. The molecule has 0 saturated carbocycles. The molecule has 0 bridgehead atoms. The summed E-state index contributed by atoms with van der Waals surface area (Å²) in [6.45, 7) is 2.72. The summed E-state index contributed by atoms with van der Waals surface area (Å²) in [6, 6.07) is 6.09. The van der Waals surface area contributed by atoms with Gasteiger partial charge in [-0.3, -0.25) is 9.59 Å². The van der Waals surface area contributed by atoms with E-state index in [1.165, 1.54) is 7.11 Å². The quantitative estimate of drug-likeness (QED) is 0.700. The second-order valence-electron chi connectivity index (χ2n) is 7.19. The molecule has 2 heterocycles. The summed E-state index contributed by atoms with van der Waals surface area (Å²) in [4.78, 5) is 41.4. The standard InChI is InChI=1S/C20H27N3O5/c1-27-16-5-3-14(4-6-16)18(24)22-11-12-23(17(13-22)20(26)28-2)19(25)15-7-9-21-10-8-15/h3-6,15,17,21H,7-13H2,1-2H3/p+1/t17-/m1/s1. The van der Waals surface area contributed by atoms with Gasteiger partial charge in [-0.05, 0) is 24.3 Å². The minimum Gasteiger partial charge on any atom is -0.497 e. The van der Waals surface area contributed by atoms with E-state index in [0.717, 1.165) is 25.9 Å². The molecule has 2 fully saturated rings. The fraction of sp³-hybridized carbons (Fsp3) is 0.550. The Morgan fingerprint density at radius 1 is 1.04 bits per heavy atom. The molecule has 1 atom stereocenters. The van der Waals surface area contributed by atoms with Crippen molar-refractivity contribution in [1.82, 2.24) is 9.80 Å². The van der Waals surface area contributed by atoms with E-state index >= 15 is 0 Å². The Balaban J connectivity index is 1.73. The number of methoxy groups -OCH3 is 2. The highest BCUT2D eigenvalue weighted by Gasteiger charge is 2.40. The molecule has 0 radical (unpaired) electrons. The highest BCUT2D eigenvalue weighted by molar-refractivity contribution is 5.95. The molecular formula is C20H28N3O5+. The first kappa shape index (κ1) is 20.1. The Morgan fingerprint density at radius 2 is 1.71 bits per heavy atom. The summed E-state index contributed by atoms with van der Waals surface area (Å²) in [5, 5.41) is 2.20. The van der Waals surface area contributed by atoms with Crippen LogP contribution in [0, 0.1) is 5.92 Å². The number of piperazine rings is 1. The van der Waals surface area contributed by atoms with Crippen LogP contribution < -0.4 is 10.1 Å². The number of hydrogen-bond acceptors (Lipinski definition) is 5. The van der Waals surface area contributed by atoms with Gasteiger partial charge < -0.3 is 24.6 Å². The SMILES string of the molecule is COC(=O)[C@H]1CN(C(=O)c2ccc(OC)cc2)CCN1C(=O)C1CC[NH2+]CC1. The Kier molecular flexibility index (Phi) is 6.51. The molecule has 0 unspecified atom stereocenters. The van der Waals surface area contributed by atoms with E-state index in [9.17, 15) is 14.4 Å². The molecule has 152 valence electrons. The van der Waals surface area contributed by atoms with Crippen LogP contribution in [0.1, 0.15) is 23.2 Å². The molecule has 2 saturated heterocycles. The number of quaternary nitrogens is 1. The highest BCUT2D eigenvalue weighted by Crippen LogP contribution is 2.21. The van der Waals surface area contributed by atoms with E-state index in [-0.39, 0.29) is 24.3 Å². The minimum absolute atomic E-state index is 0.0000430. The lowest BCUT2D eigenvalue weighted by Gasteiger charge is -2.41. The lowest BCUT2D eigenvalue weighted by atomic mass is 9.95. The number of carbonyl (C=O) groups excluding carboxylic acids is 3. The first-order valence-electron chi connectivity index (χ1n) is 9.68. The lowest BCUT2D eigenvalue weighted by Crippen LogP contribution is -2.86. The molecular weight excluding hydrogens is 362 g/mol. The van der Waals surface area contributed by atoms with E-state index in [4.69, 9.17) is 9.47 Å². The zero-order valence-electron chi connectivity index (χ0n) is 16.4. The van der Waals surface area contributed by atoms with Crippen LogP contribution in [0.3, 0.4) is 0 Å². The minimum atomic E-state index is -0.764. The molecule has 2 aliphatic heterocycles. The van der Waals surface area contributed by atoms with Gasteiger partial charge in [-0.25, -0.2) is 4.79 Å². The van der Waals surface area contributed by atoms with Gasteiger partial charge in [0.15, 0.2) is 0 Å². The molecule has 0 aromatic heterocycles. The van der Waals surface area contributed by atoms with Crippen LogP contribution in [0.25, 0.3) is 0 Å². The van der Waals surface area contributed by atoms with Gasteiger partial charge in [-0.1, -0.05) is 0 Å². The number of benzene rings is 1. The number of esters is 1. The molecule has 2 N–H and O–H groups in total. The number of rotatable bonds is 4. The van der Waals surface area contributed by atoms with Crippen molar-refractivity contribution in [3.63, 3.8) is 0 Å². The second kappa shape index (κ2) is 9.05. The van der Waals surface area contributed by atoms with E-state index in [2.05, 4.69) is 5.32 Å². The number of hydrogen-bond donors (Lipinski definition) is 1. The third-order valence-electron chi connectivity index (χ3n) is 5.55. The highest BCUT2D eigenvalue weighted by atomic mass is 16.5. The van der Waals surface area contributed by atoms with E-state index < -0.39 is 12.0 Å². The van der Waals surface area contributed by atoms with Crippen molar-refractivity contribution in [2.75, 3.05) is 46.9 Å². The molecule has 8 heteroatoms. The van der Waals surface area contributed by atoms with Gasteiger partial charge in [-0.2, -0.15) is 0 Å². The normalized spacial score (nSPS) is 20.6. The number of carbonyl (C=O) groups is 3. The Hall–Kier alpha value is -2.61. The third-order valence-corrected chi connectivity index (χ3v) is 5.55. The van der Waals surface area contributed by atoms with Gasteiger partial charge in [0, 0.05) is 37.4 Å². The molecule has 0 aliphatic carbocycles. The van der Waals surface area contributed by atoms with E-state index in [1.54, 1.807) is 41.2 Å². The van der Waals surface area contributed by atoms with Crippen LogP contribution in [0.4, 0.5) is 0 Å². The van der Waals surface area contributed by atoms with Crippen molar-refractivity contribution in [3.8, 4) is 5.75 Å². The van der Waals surface area contributed by atoms with Crippen molar-refractivity contribution in [1.29, 1.82) is 0 Å². The number of ether oxygens (including phenoxy) is 2. The average Bonchev–Trinajstić information content (AvgIpc) is 2.77. The van der Waals surface area contributed by atoms with Gasteiger partial charge in [-0.15, -0.1) is 0 Å². The summed E-state index contributed by atoms with van der Waals surface area (Å²) in [7, 11) is 2.88. The molecule has 2 amide bonds. The van der Waals surface area contributed by atoms with Crippen molar-refractivity contribution < 1.29 is 29.2 Å². The average molecular weight is 390 g/mol. The third kappa shape index (κ3) is 4.27. The maximum Gasteiger partial charge on any atom is 0.330 e. The summed E-state index contributed by atoms with van der Waals surface area (Å²) in [5.41, 5.74) is 0.520. The van der Waals surface area contributed by atoms with Crippen molar-refractivity contribution in [2.45, 2.75) is 18.9 Å². The predicted molar refractivity (Wildman–Crippen MR) is 101 cm³/mol. The molecule has 28 heavy (non-hydrogen) atoms. The predicted octanol–water partition coefficient (Wildman–Crippen LogP) is -0.505. The van der Waals surface area contributed by atoms with Crippen molar-refractivity contribution >= 4 is 17.8 Å². The maximum atomic E-state index is 13.0. The van der Waals surface area contributed by atoms with Gasteiger partial charge in [0.1, 0.15) is 11.8 Å². The number of nitrogens with two attached hydrogens (primary N) is 1. The number of nitrogens with zero attached hydrogens (tertiary/aromatic N) is 2. The summed E-state index contributed by atoms with van der Waals surface area (Å²) in [5.74, 6) is -0.0379. The topological polar surface area (TPSA) is 92.8 Å². The molecule has 0 spiro atoms. The van der Waals surface area contributed by atoms with Crippen LogP contribution in [-0.2, 0) is 14.3 Å². The second-order valence-corrected chi connectivity index (χ2v) is 7.19. The van der Waals surface area contributed by atoms with E-state index in [0.29, 0.717) is 24.4 Å². The Bertz CT molecular complexity index is 715. The molecule has 2 aliphatic rings. The molecule has 1 aromatic rings. The Morgan fingerprint density at radius 3 is 2.32 bits per heavy atom. The van der Waals surface area contributed by atoms with Gasteiger partial charge in [0.05, 0.1) is 33.9 Å². The van der Waals surface area contributed by atoms with Crippen LogP contribution in [0.15, 0.2) is 24.3 Å². The summed E-state index contributed by atoms with van der Waals surface area (Å²) < 4.78 is 10.1. The smallest absolute Gasteiger partial charge is 0.330 e. The van der Waals surface area contributed by atoms with Crippen molar-refractivity contribution in [3.05, 3.63) is 29.8 Å². The summed E-state index contributed by atoms with van der Waals surface area (Å²) >= 11 is 0. The zero-order valence-corrected chi connectivity index (χ0v) is 16.4. The fourth-order valence-electron chi connectivity index (χ4n) is 3.89. The number of amides is 2. The summed E-state index contributed by atoms with van der Waals surface area (Å²) in [6.07, 6.45) is 1.63. The van der Waals surface area contributed by atoms with Gasteiger partial charge in [0.25, 0.3) is 5.91 Å². The van der Waals surface area contributed by atoms with Gasteiger partial charge in [0.2, 0.25) is 5.91 Å². The first-order chi connectivity index (χ1) is 13.5. The van der Waals surface area contributed by atoms with Crippen molar-refractivity contribution in [2.24, 2.45) is 5.92 Å². The lowest BCUT2D eigenvalue weighted by molar-refractivity contribution is -0.664. The van der Waals surface area contributed by atoms with Crippen LogP contribution in [-0.4, -0.2) is 80.6 Å². The maximum absolute atomic E-state index is 13.0. The van der Waals surface area contributed by atoms with E-state index in [1.807, 2.05) is 0 Å². The fourth-order valence-corrected chi connectivity index (χ4v) is 3.89. The molecule has 1 aromatic carbocycles. The van der Waals surface area contributed by atoms with Crippen LogP contribution >= 0.6 is 0 Å². The van der Waals surface area contributed by atoms with Gasteiger partial charge >= 0.3 is 5.97 Å². The van der Waals surface area contributed by atoms with Crippen LogP contribution in [0.5, 0.6) is 5.75 Å². The van der Waals surface area contributed by atoms with Crippen LogP contribution in [0.2, 0.25) is 0 Å². The first-order valence-corrected chi connectivity index (χ1v) is 9.68. The molecule has 3 rings (SSSR count). The monoisotopic (exact) mass is 390 g/mol. The molecule has 8 nitrogen and oxygen atoms in total.